The summed E-state index contributed by atoms with van der Waals surface area (Å²) in [6.45, 7) is 5.33. The van der Waals surface area contributed by atoms with E-state index in [1.165, 1.54) is 18.2 Å². The molecule has 160 valence electrons. The summed E-state index contributed by atoms with van der Waals surface area (Å²) < 4.78 is 19.1. The molecule has 3 aromatic carbocycles. The molecular weight excluding hydrogens is 395 g/mol. The average Bonchev–Trinajstić information content (AvgIpc) is 2.72. The van der Waals surface area contributed by atoms with Crippen molar-refractivity contribution < 1.29 is 18.7 Å². The molecule has 0 aliphatic carbocycles. The van der Waals surface area contributed by atoms with Crippen LogP contribution >= 0.6 is 0 Å². The molecule has 0 aliphatic heterocycles. The Morgan fingerprint density at radius 2 is 1.52 bits per heavy atom. The minimum absolute atomic E-state index is 0.249. The molecule has 1 atom stereocenters. The smallest absolute Gasteiger partial charge is 0.412 e. The van der Waals surface area contributed by atoms with Crippen LogP contribution in [0.1, 0.15) is 42.7 Å². The van der Waals surface area contributed by atoms with E-state index in [1.807, 2.05) is 30.3 Å². The number of rotatable bonds is 6. The summed E-state index contributed by atoms with van der Waals surface area (Å²) in [6.07, 6.45) is -0.602. The van der Waals surface area contributed by atoms with E-state index in [2.05, 4.69) is 10.6 Å². The van der Waals surface area contributed by atoms with Gasteiger partial charge < -0.3 is 10.1 Å². The highest BCUT2D eigenvalue weighted by molar-refractivity contribution is 6.03. The van der Waals surface area contributed by atoms with Gasteiger partial charge in [-0.1, -0.05) is 54.6 Å². The van der Waals surface area contributed by atoms with Crippen LogP contribution in [0.25, 0.3) is 0 Å². The lowest BCUT2D eigenvalue weighted by atomic mass is 9.97. The van der Waals surface area contributed by atoms with Gasteiger partial charge in [-0.25, -0.2) is 9.18 Å². The molecule has 3 aromatic rings. The highest BCUT2D eigenvalue weighted by Crippen LogP contribution is 2.29. The maximum Gasteiger partial charge on any atom is 0.412 e. The fraction of sp³-hybridized carbons (Fsp3) is 0.200. The highest BCUT2D eigenvalue weighted by atomic mass is 19.1. The van der Waals surface area contributed by atoms with Crippen molar-refractivity contribution in [1.82, 2.24) is 0 Å². The first kappa shape index (κ1) is 22.0. The molecule has 3 rings (SSSR count). The summed E-state index contributed by atoms with van der Waals surface area (Å²) >= 11 is 0. The van der Waals surface area contributed by atoms with Crippen molar-refractivity contribution >= 4 is 23.3 Å². The van der Waals surface area contributed by atoms with Gasteiger partial charge in [0.15, 0.2) is 5.78 Å². The summed E-state index contributed by atoms with van der Waals surface area (Å²) in [7, 11) is 0. The normalized spacial score (nSPS) is 12.0. The fourth-order valence-electron chi connectivity index (χ4n) is 3.04. The van der Waals surface area contributed by atoms with Crippen LogP contribution in [-0.4, -0.2) is 17.5 Å². The molecule has 0 bridgehead atoms. The van der Waals surface area contributed by atoms with E-state index < -0.39 is 23.6 Å². The van der Waals surface area contributed by atoms with Gasteiger partial charge in [-0.3, -0.25) is 10.1 Å². The molecule has 0 spiro atoms. The molecule has 5 nitrogen and oxygen atoms in total. The van der Waals surface area contributed by atoms with Gasteiger partial charge in [0.2, 0.25) is 0 Å². The van der Waals surface area contributed by atoms with Gasteiger partial charge in [0, 0.05) is 5.56 Å². The third-order valence-corrected chi connectivity index (χ3v) is 4.37. The van der Waals surface area contributed by atoms with Crippen LogP contribution in [0.5, 0.6) is 0 Å². The molecule has 2 N–H and O–H groups in total. The van der Waals surface area contributed by atoms with Crippen LogP contribution in [0, 0.1) is 5.82 Å². The van der Waals surface area contributed by atoms with Crippen LogP contribution in [0.2, 0.25) is 0 Å². The van der Waals surface area contributed by atoms with Crippen molar-refractivity contribution in [1.29, 1.82) is 0 Å². The Morgan fingerprint density at radius 3 is 2.16 bits per heavy atom. The summed E-state index contributed by atoms with van der Waals surface area (Å²) in [5.41, 5.74) is 1.31. The molecule has 0 saturated heterocycles. The number of ketones is 1. The minimum Gasteiger partial charge on any atom is -0.444 e. The predicted octanol–water partition coefficient (Wildman–Crippen LogP) is 6.21. The number of carbonyl (C=O) groups is 2. The minimum atomic E-state index is -0.787. The van der Waals surface area contributed by atoms with Crippen LogP contribution in [-0.2, 0) is 4.74 Å². The van der Waals surface area contributed by atoms with Crippen molar-refractivity contribution in [3.05, 3.63) is 95.8 Å². The Bertz CT molecular complexity index is 1060. The lowest BCUT2D eigenvalue weighted by Gasteiger charge is -2.23. The van der Waals surface area contributed by atoms with Gasteiger partial charge in [0.25, 0.3) is 0 Å². The number of amides is 1. The molecule has 0 aromatic heterocycles. The maximum absolute atomic E-state index is 13.7. The van der Waals surface area contributed by atoms with Gasteiger partial charge in [-0.05, 0) is 50.6 Å². The molecule has 0 heterocycles. The summed E-state index contributed by atoms with van der Waals surface area (Å²) in [6, 6.07) is 21.0. The standard InChI is InChI=1S/C25H25FN2O3/c1-25(2,3)31-24(30)28-21-15-8-7-14-20(21)27-22(17-10-5-4-6-11-17)23(29)18-12-9-13-19(26)16-18/h4-16,22,27H,1-3H3,(H,28,30). The van der Waals surface area contributed by atoms with Crippen molar-refractivity contribution in [2.24, 2.45) is 0 Å². The molecule has 0 fully saturated rings. The number of hydrogen-bond donors (Lipinski definition) is 2. The molecule has 31 heavy (non-hydrogen) atoms. The summed E-state index contributed by atoms with van der Waals surface area (Å²) in [5.74, 6) is -0.776. The number of carbonyl (C=O) groups excluding carboxylic acids is 2. The molecule has 6 heteroatoms. The molecule has 0 aliphatic rings. The monoisotopic (exact) mass is 420 g/mol. The van der Waals surface area contributed by atoms with E-state index in [-0.39, 0.29) is 11.3 Å². The highest BCUT2D eigenvalue weighted by Gasteiger charge is 2.24. The third-order valence-electron chi connectivity index (χ3n) is 4.37. The first-order valence-corrected chi connectivity index (χ1v) is 9.93. The lowest BCUT2D eigenvalue weighted by molar-refractivity contribution is 0.0636. The SMILES string of the molecule is CC(C)(C)OC(=O)Nc1ccccc1NC(C(=O)c1cccc(F)c1)c1ccccc1. The molecule has 0 saturated carbocycles. The maximum atomic E-state index is 13.7. The molecule has 0 radical (unpaired) electrons. The number of Topliss-reactive ketones (excluding diaryl/α,β-unsaturated/α-hetero) is 1. The number of para-hydroxylation sites is 2. The number of benzene rings is 3. The van der Waals surface area contributed by atoms with E-state index in [0.717, 1.165) is 0 Å². The van der Waals surface area contributed by atoms with E-state index in [9.17, 15) is 14.0 Å². The number of anilines is 2. The first-order chi connectivity index (χ1) is 14.7. The Hall–Kier alpha value is -3.67. The third kappa shape index (κ3) is 6.15. The molecular formula is C25H25FN2O3. The van der Waals surface area contributed by atoms with E-state index in [0.29, 0.717) is 16.9 Å². The Kier molecular flexibility index (Phi) is 6.70. The largest absolute Gasteiger partial charge is 0.444 e. The Morgan fingerprint density at radius 1 is 0.871 bits per heavy atom. The van der Waals surface area contributed by atoms with Gasteiger partial charge in [0.1, 0.15) is 17.5 Å². The Balaban J connectivity index is 1.92. The van der Waals surface area contributed by atoms with E-state index in [1.54, 1.807) is 51.1 Å². The average molecular weight is 420 g/mol. The second-order valence-corrected chi connectivity index (χ2v) is 8.04. The van der Waals surface area contributed by atoms with Crippen molar-refractivity contribution in [2.75, 3.05) is 10.6 Å². The quantitative estimate of drug-likeness (QED) is 0.465. The van der Waals surface area contributed by atoms with Gasteiger partial charge >= 0.3 is 6.09 Å². The zero-order valence-electron chi connectivity index (χ0n) is 17.7. The second-order valence-electron chi connectivity index (χ2n) is 8.04. The number of nitrogens with one attached hydrogen (secondary N) is 2. The van der Waals surface area contributed by atoms with E-state index in [4.69, 9.17) is 4.74 Å². The predicted molar refractivity (Wildman–Crippen MR) is 120 cm³/mol. The zero-order chi connectivity index (χ0) is 22.4. The number of hydrogen-bond acceptors (Lipinski definition) is 4. The number of halogens is 1. The first-order valence-electron chi connectivity index (χ1n) is 9.93. The summed E-state index contributed by atoms with van der Waals surface area (Å²) in [4.78, 5) is 25.5. The van der Waals surface area contributed by atoms with Crippen LogP contribution < -0.4 is 10.6 Å². The zero-order valence-corrected chi connectivity index (χ0v) is 17.7. The van der Waals surface area contributed by atoms with Gasteiger partial charge in [-0.2, -0.15) is 0 Å². The molecule has 1 unspecified atom stereocenters. The molecule has 1 amide bonds. The van der Waals surface area contributed by atoms with Crippen LogP contribution in [0.15, 0.2) is 78.9 Å². The van der Waals surface area contributed by atoms with E-state index >= 15 is 0 Å². The topological polar surface area (TPSA) is 67.4 Å². The number of ether oxygens (including phenoxy) is 1. The van der Waals surface area contributed by atoms with Gasteiger partial charge in [-0.15, -0.1) is 0 Å². The van der Waals surface area contributed by atoms with Crippen LogP contribution in [0.4, 0.5) is 20.6 Å². The van der Waals surface area contributed by atoms with Crippen LogP contribution in [0.3, 0.4) is 0 Å². The lowest BCUT2D eigenvalue weighted by Crippen LogP contribution is -2.28. The fourth-order valence-corrected chi connectivity index (χ4v) is 3.04. The Labute approximate surface area is 181 Å². The van der Waals surface area contributed by atoms with Crippen molar-refractivity contribution in [2.45, 2.75) is 32.4 Å². The van der Waals surface area contributed by atoms with Gasteiger partial charge in [0.05, 0.1) is 11.4 Å². The summed E-state index contributed by atoms with van der Waals surface area (Å²) in [5, 5.41) is 5.92. The second kappa shape index (κ2) is 9.43. The van der Waals surface area contributed by atoms with Crippen molar-refractivity contribution in [3.8, 4) is 0 Å². The van der Waals surface area contributed by atoms with Crippen molar-refractivity contribution in [3.63, 3.8) is 0 Å².